The van der Waals surface area contributed by atoms with Crippen molar-refractivity contribution in [2.75, 3.05) is 31.5 Å². The molecule has 0 radical (unpaired) electrons. The molecule has 200 valence electrons. The number of amides is 1. The minimum Gasteiger partial charge on any atom is -0.368 e. The third-order valence-corrected chi connectivity index (χ3v) is 7.39. The van der Waals surface area contributed by atoms with Gasteiger partial charge in [-0.15, -0.1) is 5.10 Å². The van der Waals surface area contributed by atoms with Gasteiger partial charge < -0.3 is 15.5 Å². The third-order valence-electron chi connectivity index (χ3n) is 7.39. The lowest BCUT2D eigenvalue weighted by Crippen LogP contribution is -2.41. The van der Waals surface area contributed by atoms with Crippen LogP contribution in [0.4, 0.5) is 10.2 Å². The molecule has 1 aliphatic carbocycles. The molecule has 6 rings (SSSR count). The second-order valence-corrected chi connectivity index (χ2v) is 10.5. The number of nitrogens with one attached hydrogen (secondary N) is 2. The molecule has 0 unspecified atom stereocenters. The van der Waals surface area contributed by atoms with E-state index in [9.17, 15) is 9.18 Å². The third kappa shape index (κ3) is 6.17. The Balaban J connectivity index is 1.19. The standard InChI is InChI=1S/C31H33FN6O/c32-26-17-27(33-19-26)21-37(16-4-7-22-5-2-1-3-6-22)31(39)25-12-10-24(11-13-25)28-20-35-30-15-14-29(36-38(28)30)34-18-23-8-9-23/h1-7,10-15,20,23,26-27,33H,8-9,16-19,21H2,(H,34,36)/b7-4+/t26-,27+/m1/s1. The number of fused-ring (bicyclic) bond motifs is 1. The average Bonchev–Trinajstić information content (AvgIpc) is 3.57. The average molecular weight is 525 g/mol. The zero-order valence-corrected chi connectivity index (χ0v) is 21.8. The minimum absolute atomic E-state index is 0.0553. The van der Waals surface area contributed by atoms with Gasteiger partial charge in [-0.1, -0.05) is 54.6 Å². The van der Waals surface area contributed by atoms with E-state index in [1.807, 2.05) is 89.6 Å². The number of hydrogen-bond donors (Lipinski definition) is 2. The van der Waals surface area contributed by atoms with Crippen LogP contribution in [0.15, 0.2) is 79.0 Å². The van der Waals surface area contributed by atoms with Crippen LogP contribution < -0.4 is 10.6 Å². The van der Waals surface area contributed by atoms with Crippen molar-refractivity contribution in [2.24, 2.45) is 5.92 Å². The fourth-order valence-corrected chi connectivity index (χ4v) is 5.00. The minimum atomic E-state index is -0.866. The lowest BCUT2D eigenvalue weighted by molar-refractivity contribution is 0.0760. The number of halogens is 1. The Hall–Kier alpha value is -4.04. The molecule has 2 aliphatic rings. The molecule has 4 aromatic rings. The number of benzene rings is 2. The number of carbonyl (C=O) groups is 1. The maximum absolute atomic E-state index is 13.8. The first-order chi connectivity index (χ1) is 19.1. The van der Waals surface area contributed by atoms with Crippen LogP contribution in [0.25, 0.3) is 23.0 Å². The molecule has 39 heavy (non-hydrogen) atoms. The van der Waals surface area contributed by atoms with Gasteiger partial charge in [-0.05, 0) is 55.0 Å². The van der Waals surface area contributed by atoms with E-state index in [2.05, 4.69) is 15.6 Å². The number of nitrogens with zero attached hydrogens (tertiary/aromatic N) is 4. The number of rotatable bonds is 10. The van der Waals surface area contributed by atoms with Crippen LogP contribution in [0.3, 0.4) is 0 Å². The normalized spacial score (nSPS) is 19.1. The summed E-state index contributed by atoms with van der Waals surface area (Å²) in [5.74, 6) is 1.51. The van der Waals surface area contributed by atoms with Crippen molar-refractivity contribution in [3.05, 3.63) is 90.1 Å². The predicted octanol–water partition coefficient (Wildman–Crippen LogP) is 5.07. The van der Waals surface area contributed by atoms with E-state index in [0.717, 1.165) is 40.7 Å². The number of alkyl halides is 1. The summed E-state index contributed by atoms with van der Waals surface area (Å²) in [4.78, 5) is 19.9. The molecule has 8 heteroatoms. The van der Waals surface area contributed by atoms with Crippen molar-refractivity contribution in [3.63, 3.8) is 0 Å². The summed E-state index contributed by atoms with van der Waals surface area (Å²) >= 11 is 0. The molecule has 7 nitrogen and oxygen atoms in total. The number of carbonyl (C=O) groups excluding carboxylic acids is 1. The van der Waals surface area contributed by atoms with E-state index in [-0.39, 0.29) is 11.9 Å². The first-order valence-electron chi connectivity index (χ1n) is 13.7. The molecule has 3 heterocycles. The van der Waals surface area contributed by atoms with Gasteiger partial charge in [0, 0.05) is 43.3 Å². The van der Waals surface area contributed by atoms with Gasteiger partial charge in [0.25, 0.3) is 5.91 Å². The van der Waals surface area contributed by atoms with Gasteiger partial charge in [0.15, 0.2) is 5.65 Å². The molecule has 1 aliphatic heterocycles. The molecule has 1 saturated heterocycles. The van der Waals surface area contributed by atoms with Gasteiger partial charge in [0.2, 0.25) is 0 Å². The molecule has 2 aromatic carbocycles. The lowest BCUT2D eigenvalue weighted by Gasteiger charge is -2.25. The maximum atomic E-state index is 13.8. The van der Waals surface area contributed by atoms with Crippen LogP contribution in [-0.2, 0) is 0 Å². The predicted molar refractivity (Wildman–Crippen MR) is 152 cm³/mol. The summed E-state index contributed by atoms with van der Waals surface area (Å²) < 4.78 is 15.7. The molecule has 0 spiro atoms. The number of hydrogen-bond acceptors (Lipinski definition) is 5. The van der Waals surface area contributed by atoms with E-state index < -0.39 is 6.17 Å². The Kier molecular flexibility index (Phi) is 7.36. The zero-order chi connectivity index (χ0) is 26.6. The first kappa shape index (κ1) is 25.2. The highest BCUT2D eigenvalue weighted by atomic mass is 19.1. The number of anilines is 1. The van der Waals surface area contributed by atoms with E-state index in [1.165, 1.54) is 12.8 Å². The molecule has 0 bridgehead atoms. The fraction of sp³-hybridized carbons (Fsp3) is 0.323. The van der Waals surface area contributed by atoms with Gasteiger partial charge in [0.1, 0.15) is 12.0 Å². The van der Waals surface area contributed by atoms with E-state index in [0.29, 0.717) is 31.6 Å². The van der Waals surface area contributed by atoms with Crippen LogP contribution in [0.5, 0.6) is 0 Å². The van der Waals surface area contributed by atoms with Crippen LogP contribution in [0, 0.1) is 5.92 Å². The van der Waals surface area contributed by atoms with E-state index >= 15 is 0 Å². The Morgan fingerprint density at radius 2 is 1.92 bits per heavy atom. The molecular weight excluding hydrogens is 491 g/mol. The van der Waals surface area contributed by atoms with Crippen LogP contribution in [0.2, 0.25) is 0 Å². The molecular formula is C31H33FN6O. The van der Waals surface area contributed by atoms with Crippen molar-refractivity contribution >= 4 is 23.4 Å². The number of aromatic nitrogens is 3. The Bertz CT molecular complexity index is 1450. The Morgan fingerprint density at radius 3 is 2.67 bits per heavy atom. The van der Waals surface area contributed by atoms with Crippen molar-refractivity contribution in [2.45, 2.75) is 31.5 Å². The largest absolute Gasteiger partial charge is 0.368 e. The molecule has 2 N–H and O–H groups in total. The summed E-state index contributed by atoms with van der Waals surface area (Å²) in [6.45, 7) is 2.18. The zero-order valence-electron chi connectivity index (χ0n) is 21.8. The molecule has 2 aromatic heterocycles. The maximum Gasteiger partial charge on any atom is 0.254 e. The highest BCUT2D eigenvalue weighted by molar-refractivity contribution is 5.95. The lowest BCUT2D eigenvalue weighted by atomic mass is 10.1. The summed E-state index contributed by atoms with van der Waals surface area (Å²) in [5.41, 5.74) is 4.23. The molecule has 1 saturated carbocycles. The van der Waals surface area contributed by atoms with Crippen LogP contribution in [0.1, 0.15) is 35.2 Å². The van der Waals surface area contributed by atoms with Gasteiger partial charge in [0.05, 0.1) is 11.9 Å². The van der Waals surface area contributed by atoms with Crippen molar-refractivity contribution in [1.29, 1.82) is 0 Å². The quantitative estimate of drug-likeness (QED) is 0.303. The SMILES string of the molecule is O=C(c1ccc(-c2cnc3ccc(NCC4CC4)nn23)cc1)N(C/C=C/c1ccccc1)C[C@@H]1C[C@@H](F)CN1. The Morgan fingerprint density at radius 1 is 1.10 bits per heavy atom. The molecule has 2 atom stereocenters. The van der Waals surface area contributed by atoms with E-state index in [4.69, 9.17) is 5.10 Å². The van der Waals surface area contributed by atoms with Gasteiger partial charge in [-0.25, -0.2) is 13.9 Å². The van der Waals surface area contributed by atoms with Crippen molar-refractivity contribution in [1.82, 2.24) is 24.8 Å². The Labute approximate surface area is 227 Å². The molecule has 1 amide bonds. The fourth-order valence-electron chi connectivity index (χ4n) is 5.00. The highest BCUT2D eigenvalue weighted by Crippen LogP contribution is 2.29. The van der Waals surface area contributed by atoms with Gasteiger partial charge in [-0.2, -0.15) is 0 Å². The second kappa shape index (κ2) is 11.4. The van der Waals surface area contributed by atoms with E-state index in [1.54, 1.807) is 4.90 Å². The number of imidazole rings is 1. The second-order valence-electron chi connectivity index (χ2n) is 10.5. The smallest absolute Gasteiger partial charge is 0.254 e. The molecule has 2 fully saturated rings. The van der Waals surface area contributed by atoms with Crippen LogP contribution >= 0.6 is 0 Å². The summed E-state index contributed by atoms with van der Waals surface area (Å²) in [7, 11) is 0. The summed E-state index contributed by atoms with van der Waals surface area (Å²) in [5, 5.41) is 11.4. The topological polar surface area (TPSA) is 74.6 Å². The highest BCUT2D eigenvalue weighted by Gasteiger charge is 2.27. The van der Waals surface area contributed by atoms with Crippen molar-refractivity contribution in [3.8, 4) is 11.3 Å². The summed E-state index contributed by atoms with van der Waals surface area (Å²) in [6.07, 6.45) is 7.93. The monoisotopic (exact) mass is 524 g/mol. The van der Waals surface area contributed by atoms with Gasteiger partial charge >= 0.3 is 0 Å². The van der Waals surface area contributed by atoms with Gasteiger partial charge in [-0.3, -0.25) is 4.79 Å². The summed E-state index contributed by atoms with van der Waals surface area (Å²) in [6, 6.07) is 21.4. The van der Waals surface area contributed by atoms with Crippen molar-refractivity contribution < 1.29 is 9.18 Å². The van der Waals surface area contributed by atoms with Crippen LogP contribution in [-0.4, -0.2) is 63.8 Å². The first-order valence-corrected chi connectivity index (χ1v) is 13.7.